The van der Waals surface area contributed by atoms with Gasteiger partial charge in [0.25, 0.3) is 5.91 Å². The highest BCUT2D eigenvalue weighted by molar-refractivity contribution is 7.09. The molecule has 1 aromatic carbocycles. The smallest absolute Gasteiger partial charge is 0.270 e. The second-order valence-corrected chi connectivity index (χ2v) is 6.01. The molecular formula is C16H22ClN3O2S. The molecule has 126 valence electrons. The van der Waals surface area contributed by atoms with Gasteiger partial charge in [-0.25, -0.2) is 4.98 Å². The van der Waals surface area contributed by atoms with Crippen LogP contribution in [-0.4, -0.2) is 30.1 Å². The number of thiazole rings is 1. The number of nitrogens with two attached hydrogens (primary N) is 1. The van der Waals surface area contributed by atoms with Gasteiger partial charge in [-0.15, -0.1) is 23.7 Å². The summed E-state index contributed by atoms with van der Waals surface area (Å²) in [6, 6.07) is 7.82. The lowest BCUT2D eigenvalue weighted by atomic mass is 10.2. The fourth-order valence-electron chi connectivity index (χ4n) is 1.93. The summed E-state index contributed by atoms with van der Waals surface area (Å²) >= 11 is 1.46. The number of nitrogens with one attached hydrogen (secondary N) is 1. The van der Waals surface area contributed by atoms with Crippen molar-refractivity contribution >= 4 is 29.7 Å². The van der Waals surface area contributed by atoms with Gasteiger partial charge in [0.1, 0.15) is 17.5 Å². The molecule has 2 aromatic rings. The standard InChI is InChI=1S/C16H21N3O2S.ClH/c1-11-5-3-4-6-14(11)21-12(2)9-18-16(20)13-10-22-15(19-13)7-8-17;/h3-6,10,12H,7-9,17H2,1-2H3,(H,18,20);1H. The molecule has 3 N–H and O–H groups in total. The zero-order valence-corrected chi connectivity index (χ0v) is 14.9. The molecule has 0 fully saturated rings. The van der Waals surface area contributed by atoms with E-state index in [0.29, 0.717) is 25.2 Å². The Morgan fingerprint density at radius 2 is 2.17 bits per heavy atom. The fraction of sp³-hybridized carbons (Fsp3) is 0.375. The summed E-state index contributed by atoms with van der Waals surface area (Å²) in [4.78, 5) is 16.3. The minimum absolute atomic E-state index is 0. The number of hydrogen-bond acceptors (Lipinski definition) is 5. The normalized spacial score (nSPS) is 11.4. The van der Waals surface area contributed by atoms with E-state index in [4.69, 9.17) is 10.5 Å². The Balaban J connectivity index is 0.00000264. The molecule has 23 heavy (non-hydrogen) atoms. The third kappa shape index (κ3) is 5.82. The van der Waals surface area contributed by atoms with Crippen molar-refractivity contribution in [1.82, 2.24) is 10.3 Å². The predicted molar refractivity (Wildman–Crippen MR) is 95.7 cm³/mol. The summed E-state index contributed by atoms with van der Waals surface area (Å²) in [5.74, 6) is 0.655. The van der Waals surface area contributed by atoms with Crippen LogP contribution in [0.5, 0.6) is 5.75 Å². The SMILES string of the molecule is Cc1ccccc1OC(C)CNC(=O)c1csc(CCN)n1.Cl. The molecule has 0 spiro atoms. The Kier molecular flexibility index (Phi) is 8.02. The first-order chi connectivity index (χ1) is 10.6. The van der Waals surface area contributed by atoms with Crippen LogP contribution in [0.2, 0.25) is 0 Å². The minimum Gasteiger partial charge on any atom is -0.489 e. The number of aryl methyl sites for hydroxylation is 1. The van der Waals surface area contributed by atoms with Gasteiger partial charge in [-0.1, -0.05) is 18.2 Å². The summed E-state index contributed by atoms with van der Waals surface area (Å²) in [5.41, 5.74) is 7.00. The number of hydrogen-bond donors (Lipinski definition) is 2. The van der Waals surface area contributed by atoms with Crippen molar-refractivity contribution in [3.63, 3.8) is 0 Å². The number of amides is 1. The molecule has 0 aliphatic rings. The first kappa shape index (κ1) is 19.4. The molecule has 1 aromatic heterocycles. The van der Waals surface area contributed by atoms with E-state index in [2.05, 4.69) is 10.3 Å². The molecule has 0 aliphatic heterocycles. The summed E-state index contributed by atoms with van der Waals surface area (Å²) in [6.45, 7) is 4.88. The Morgan fingerprint density at radius 1 is 1.43 bits per heavy atom. The maximum atomic E-state index is 12.0. The summed E-state index contributed by atoms with van der Waals surface area (Å²) in [7, 11) is 0. The molecule has 1 amide bonds. The number of aromatic nitrogens is 1. The van der Waals surface area contributed by atoms with Gasteiger partial charge in [0, 0.05) is 11.8 Å². The highest BCUT2D eigenvalue weighted by Crippen LogP contribution is 2.17. The minimum atomic E-state index is -0.181. The largest absolute Gasteiger partial charge is 0.489 e. The maximum absolute atomic E-state index is 12.0. The monoisotopic (exact) mass is 355 g/mol. The van der Waals surface area contributed by atoms with Gasteiger partial charge >= 0.3 is 0 Å². The number of nitrogens with zero attached hydrogens (tertiary/aromatic N) is 1. The van der Waals surface area contributed by atoms with Crippen molar-refractivity contribution in [2.45, 2.75) is 26.4 Å². The van der Waals surface area contributed by atoms with Crippen LogP contribution in [0.4, 0.5) is 0 Å². The summed E-state index contributed by atoms with van der Waals surface area (Å²) in [6.07, 6.45) is 0.581. The zero-order chi connectivity index (χ0) is 15.9. The van der Waals surface area contributed by atoms with Crippen molar-refractivity contribution < 1.29 is 9.53 Å². The van der Waals surface area contributed by atoms with E-state index in [1.165, 1.54) is 11.3 Å². The number of ether oxygens (including phenoxy) is 1. The van der Waals surface area contributed by atoms with Crippen LogP contribution in [0.25, 0.3) is 0 Å². The van der Waals surface area contributed by atoms with Crippen molar-refractivity contribution in [3.8, 4) is 5.75 Å². The molecule has 2 rings (SSSR count). The number of para-hydroxylation sites is 1. The van der Waals surface area contributed by atoms with Crippen molar-refractivity contribution in [1.29, 1.82) is 0 Å². The van der Waals surface area contributed by atoms with Crippen molar-refractivity contribution in [3.05, 3.63) is 45.9 Å². The van der Waals surface area contributed by atoms with E-state index < -0.39 is 0 Å². The van der Waals surface area contributed by atoms with Crippen molar-refractivity contribution in [2.75, 3.05) is 13.1 Å². The summed E-state index contributed by atoms with van der Waals surface area (Å²) < 4.78 is 5.83. The molecule has 5 nitrogen and oxygen atoms in total. The average molecular weight is 356 g/mol. The van der Waals surface area contributed by atoms with Gasteiger partial charge in [0.05, 0.1) is 11.6 Å². The third-order valence-electron chi connectivity index (χ3n) is 3.11. The Morgan fingerprint density at radius 3 is 2.87 bits per heavy atom. The number of benzene rings is 1. The molecule has 0 radical (unpaired) electrons. The molecule has 1 unspecified atom stereocenters. The number of carbonyl (C=O) groups excluding carboxylic acids is 1. The van der Waals surface area contributed by atoms with Crippen LogP contribution in [-0.2, 0) is 6.42 Å². The van der Waals surface area contributed by atoms with Crippen LogP contribution >= 0.6 is 23.7 Å². The van der Waals surface area contributed by atoms with E-state index in [0.717, 1.165) is 16.3 Å². The third-order valence-corrected chi connectivity index (χ3v) is 4.02. The lowest BCUT2D eigenvalue weighted by Gasteiger charge is -2.16. The van der Waals surface area contributed by atoms with E-state index in [1.807, 2.05) is 38.1 Å². The topological polar surface area (TPSA) is 77.2 Å². The Hall–Kier alpha value is -1.63. The van der Waals surface area contributed by atoms with Crippen LogP contribution in [0.3, 0.4) is 0 Å². The van der Waals surface area contributed by atoms with Gasteiger partial charge in [-0.3, -0.25) is 4.79 Å². The van der Waals surface area contributed by atoms with E-state index in [1.54, 1.807) is 5.38 Å². The number of halogens is 1. The molecule has 0 bridgehead atoms. The second kappa shape index (κ2) is 9.50. The molecular weight excluding hydrogens is 334 g/mol. The van der Waals surface area contributed by atoms with Gasteiger partial charge in [0.2, 0.25) is 0 Å². The molecule has 0 aliphatic carbocycles. The highest BCUT2D eigenvalue weighted by Gasteiger charge is 2.12. The first-order valence-electron chi connectivity index (χ1n) is 7.25. The lowest BCUT2D eigenvalue weighted by molar-refractivity contribution is 0.0927. The second-order valence-electron chi connectivity index (χ2n) is 5.07. The van der Waals surface area contributed by atoms with Gasteiger partial charge in [-0.2, -0.15) is 0 Å². The quantitative estimate of drug-likeness (QED) is 0.800. The lowest BCUT2D eigenvalue weighted by Crippen LogP contribution is -2.33. The summed E-state index contributed by atoms with van der Waals surface area (Å²) in [5, 5.41) is 5.49. The number of carbonyl (C=O) groups is 1. The van der Waals surface area contributed by atoms with Gasteiger partial charge in [0.15, 0.2) is 0 Å². The molecule has 1 atom stereocenters. The molecule has 0 saturated carbocycles. The van der Waals surface area contributed by atoms with Gasteiger partial charge in [-0.05, 0) is 32.0 Å². The fourth-order valence-corrected chi connectivity index (χ4v) is 2.72. The molecule has 7 heteroatoms. The van der Waals surface area contributed by atoms with E-state index >= 15 is 0 Å². The van der Waals surface area contributed by atoms with Crippen molar-refractivity contribution in [2.24, 2.45) is 5.73 Å². The zero-order valence-electron chi connectivity index (χ0n) is 13.2. The van der Waals surface area contributed by atoms with Gasteiger partial charge < -0.3 is 15.8 Å². The van der Waals surface area contributed by atoms with Crippen LogP contribution < -0.4 is 15.8 Å². The maximum Gasteiger partial charge on any atom is 0.270 e. The first-order valence-corrected chi connectivity index (χ1v) is 8.13. The molecule has 0 saturated heterocycles. The Labute approximate surface area is 146 Å². The molecule has 1 heterocycles. The van der Waals surface area contributed by atoms with Crippen LogP contribution in [0.15, 0.2) is 29.6 Å². The highest BCUT2D eigenvalue weighted by atomic mass is 35.5. The van der Waals surface area contributed by atoms with E-state index in [9.17, 15) is 4.79 Å². The van der Waals surface area contributed by atoms with Crippen LogP contribution in [0.1, 0.15) is 28.0 Å². The predicted octanol–water partition coefficient (Wildman–Crippen LogP) is 2.57. The number of rotatable bonds is 7. The average Bonchev–Trinajstić information content (AvgIpc) is 2.96. The Bertz CT molecular complexity index is 633. The van der Waals surface area contributed by atoms with Crippen LogP contribution in [0, 0.1) is 6.92 Å². The van der Waals surface area contributed by atoms with E-state index in [-0.39, 0.29) is 24.4 Å².